The second kappa shape index (κ2) is 12.2. The third-order valence-electron chi connectivity index (χ3n) is 10.9. The molecule has 11 rings (SSSR count). The zero-order chi connectivity index (χ0) is 35.6. The Hall–Kier alpha value is -7.23. The molecule has 54 heavy (non-hydrogen) atoms. The van der Waals surface area contributed by atoms with E-state index in [0.29, 0.717) is 5.82 Å². The summed E-state index contributed by atoms with van der Waals surface area (Å²) in [6, 6.07) is 63.1. The number of pyridine rings is 1. The topological polar surface area (TPSA) is 38.7 Å². The van der Waals surface area contributed by atoms with Gasteiger partial charge in [0, 0.05) is 29.1 Å². The fourth-order valence-corrected chi connectivity index (χ4v) is 8.28. The smallest absolute Gasteiger partial charge is 0.160 e. The van der Waals surface area contributed by atoms with Gasteiger partial charge in [-0.3, -0.25) is 4.98 Å². The summed E-state index contributed by atoms with van der Waals surface area (Å²) in [4.78, 5) is 14.8. The molecule has 0 saturated heterocycles. The Morgan fingerprint density at radius 3 is 1.74 bits per heavy atom. The summed E-state index contributed by atoms with van der Waals surface area (Å²) in [6.45, 7) is 0. The fourth-order valence-electron chi connectivity index (χ4n) is 8.28. The molecule has 9 aromatic carbocycles. The van der Waals surface area contributed by atoms with Gasteiger partial charge in [-0.05, 0) is 94.3 Å². The molecule has 0 aliphatic carbocycles. The summed E-state index contributed by atoms with van der Waals surface area (Å²) in [6.07, 6.45) is 3.69. The molecule has 2 aromatic heterocycles. The average molecular weight is 686 g/mol. The number of hydrogen-bond donors (Lipinski definition) is 0. The summed E-state index contributed by atoms with van der Waals surface area (Å²) in [5, 5.41) is 12.5. The van der Waals surface area contributed by atoms with E-state index >= 15 is 0 Å². The molecule has 0 atom stereocenters. The normalized spacial score (nSPS) is 11.7. The largest absolute Gasteiger partial charge is 0.264 e. The number of nitrogens with zero attached hydrogens (tertiary/aromatic N) is 3. The van der Waals surface area contributed by atoms with Crippen LogP contribution in [0.15, 0.2) is 188 Å². The van der Waals surface area contributed by atoms with Gasteiger partial charge in [0.25, 0.3) is 0 Å². The molecule has 0 aliphatic heterocycles. The van der Waals surface area contributed by atoms with Crippen molar-refractivity contribution in [1.82, 2.24) is 15.0 Å². The van der Waals surface area contributed by atoms with Crippen molar-refractivity contribution >= 4 is 53.9 Å². The third kappa shape index (κ3) is 4.94. The standard InChI is InChI=1S/C51H31N3/c1-2-11-41-39(7-1)29-46(43-13-4-3-12-42(41)43)33-16-18-34(19-17-33)47-30-48(54-51(53-47)38-22-14-32(15-23-38)40-10-6-28-52-31-40)44-26-24-37-21-20-35-8-5-9-36-25-27-45(44)50(37)49(35)36/h1-31H. The van der Waals surface area contributed by atoms with E-state index in [2.05, 4.69) is 175 Å². The first-order valence-electron chi connectivity index (χ1n) is 18.3. The van der Waals surface area contributed by atoms with Crippen molar-refractivity contribution in [1.29, 1.82) is 0 Å². The zero-order valence-corrected chi connectivity index (χ0v) is 29.2. The van der Waals surface area contributed by atoms with Gasteiger partial charge in [-0.1, -0.05) is 158 Å². The number of rotatable bonds is 5. The molecule has 11 aromatic rings. The molecule has 0 amide bonds. The predicted octanol–water partition coefficient (Wildman–Crippen LogP) is 13.4. The van der Waals surface area contributed by atoms with Crippen LogP contribution in [0.5, 0.6) is 0 Å². The van der Waals surface area contributed by atoms with Crippen molar-refractivity contribution in [3.05, 3.63) is 188 Å². The monoisotopic (exact) mass is 685 g/mol. The highest BCUT2D eigenvalue weighted by Crippen LogP contribution is 2.41. The summed E-state index contributed by atoms with van der Waals surface area (Å²) in [5.41, 5.74) is 9.45. The Bertz CT molecular complexity index is 3170. The number of fused-ring (bicyclic) bond motifs is 3. The first-order chi connectivity index (χ1) is 26.7. The van der Waals surface area contributed by atoms with Crippen LogP contribution in [0.2, 0.25) is 0 Å². The molecule has 2 heterocycles. The van der Waals surface area contributed by atoms with Gasteiger partial charge in [0.1, 0.15) is 0 Å². The first-order valence-corrected chi connectivity index (χ1v) is 18.3. The minimum absolute atomic E-state index is 0.690. The zero-order valence-electron chi connectivity index (χ0n) is 29.2. The summed E-state index contributed by atoms with van der Waals surface area (Å²) >= 11 is 0. The first kappa shape index (κ1) is 30.4. The van der Waals surface area contributed by atoms with Gasteiger partial charge >= 0.3 is 0 Å². The molecular weight excluding hydrogens is 655 g/mol. The molecule has 0 unspecified atom stereocenters. The minimum atomic E-state index is 0.690. The van der Waals surface area contributed by atoms with Gasteiger partial charge in [-0.25, -0.2) is 9.97 Å². The van der Waals surface area contributed by atoms with Gasteiger partial charge in [0.2, 0.25) is 0 Å². The Morgan fingerprint density at radius 1 is 0.315 bits per heavy atom. The summed E-state index contributed by atoms with van der Waals surface area (Å²) in [5.74, 6) is 0.690. The molecule has 0 fully saturated rings. The predicted molar refractivity (Wildman–Crippen MR) is 226 cm³/mol. The van der Waals surface area contributed by atoms with Crippen molar-refractivity contribution in [2.45, 2.75) is 0 Å². The lowest BCUT2D eigenvalue weighted by Gasteiger charge is -2.15. The van der Waals surface area contributed by atoms with Crippen molar-refractivity contribution in [2.24, 2.45) is 0 Å². The lowest BCUT2D eigenvalue weighted by molar-refractivity contribution is 1.18. The summed E-state index contributed by atoms with van der Waals surface area (Å²) in [7, 11) is 0. The van der Waals surface area contributed by atoms with Crippen LogP contribution in [0.1, 0.15) is 0 Å². The van der Waals surface area contributed by atoms with Crippen molar-refractivity contribution < 1.29 is 0 Å². The van der Waals surface area contributed by atoms with Crippen molar-refractivity contribution in [3.63, 3.8) is 0 Å². The molecule has 0 saturated carbocycles. The van der Waals surface area contributed by atoms with Gasteiger partial charge < -0.3 is 0 Å². The molecule has 250 valence electrons. The van der Waals surface area contributed by atoms with E-state index in [4.69, 9.17) is 9.97 Å². The van der Waals surface area contributed by atoms with E-state index in [9.17, 15) is 0 Å². The van der Waals surface area contributed by atoms with Crippen LogP contribution in [0.25, 0.3) is 110 Å². The molecule has 0 aliphatic rings. The quantitative estimate of drug-likeness (QED) is 0.169. The average Bonchev–Trinajstić information content (AvgIpc) is 3.25. The van der Waals surface area contributed by atoms with Gasteiger partial charge in [0.05, 0.1) is 11.4 Å². The van der Waals surface area contributed by atoms with Crippen LogP contribution in [-0.4, -0.2) is 15.0 Å². The van der Waals surface area contributed by atoms with Crippen LogP contribution in [-0.2, 0) is 0 Å². The Morgan fingerprint density at radius 2 is 0.944 bits per heavy atom. The van der Waals surface area contributed by atoms with Crippen LogP contribution in [0.4, 0.5) is 0 Å². The molecule has 0 N–H and O–H groups in total. The van der Waals surface area contributed by atoms with E-state index in [1.54, 1.807) is 6.20 Å². The Balaban J connectivity index is 1.08. The highest BCUT2D eigenvalue weighted by Gasteiger charge is 2.17. The lowest BCUT2D eigenvalue weighted by atomic mass is 9.90. The van der Waals surface area contributed by atoms with Crippen molar-refractivity contribution in [2.75, 3.05) is 0 Å². The number of hydrogen-bond acceptors (Lipinski definition) is 3. The second-order valence-corrected chi connectivity index (χ2v) is 14.0. The molecule has 3 heteroatoms. The van der Waals surface area contributed by atoms with Crippen LogP contribution in [0, 0.1) is 0 Å². The van der Waals surface area contributed by atoms with Crippen LogP contribution < -0.4 is 0 Å². The Kier molecular flexibility index (Phi) is 6.86. The van der Waals surface area contributed by atoms with E-state index in [1.165, 1.54) is 65.0 Å². The highest BCUT2D eigenvalue weighted by atomic mass is 14.9. The summed E-state index contributed by atoms with van der Waals surface area (Å²) < 4.78 is 0. The van der Waals surface area contributed by atoms with Crippen LogP contribution in [0.3, 0.4) is 0 Å². The van der Waals surface area contributed by atoms with E-state index in [0.717, 1.165) is 39.2 Å². The molecule has 0 bridgehead atoms. The molecular formula is C51H31N3. The lowest BCUT2D eigenvalue weighted by Crippen LogP contribution is -1.97. The second-order valence-electron chi connectivity index (χ2n) is 14.0. The maximum Gasteiger partial charge on any atom is 0.160 e. The molecule has 0 spiro atoms. The Labute approximate surface area is 312 Å². The van der Waals surface area contributed by atoms with Gasteiger partial charge in [-0.15, -0.1) is 0 Å². The maximum absolute atomic E-state index is 5.29. The van der Waals surface area contributed by atoms with E-state index in [-0.39, 0.29) is 0 Å². The highest BCUT2D eigenvalue weighted by molar-refractivity contribution is 6.25. The van der Waals surface area contributed by atoms with Crippen LogP contribution >= 0.6 is 0 Å². The third-order valence-corrected chi connectivity index (χ3v) is 10.9. The van der Waals surface area contributed by atoms with Crippen molar-refractivity contribution in [3.8, 4) is 56.2 Å². The van der Waals surface area contributed by atoms with E-state index < -0.39 is 0 Å². The minimum Gasteiger partial charge on any atom is -0.264 e. The molecule has 3 nitrogen and oxygen atoms in total. The van der Waals surface area contributed by atoms with E-state index in [1.807, 2.05) is 12.3 Å². The number of aromatic nitrogens is 3. The fraction of sp³-hybridized carbons (Fsp3) is 0. The number of benzene rings is 9. The van der Waals surface area contributed by atoms with Gasteiger partial charge in [0.15, 0.2) is 5.82 Å². The maximum atomic E-state index is 5.29. The van der Waals surface area contributed by atoms with Gasteiger partial charge in [-0.2, -0.15) is 0 Å². The SMILES string of the molecule is c1cncc(-c2ccc(-c3nc(-c4ccc(-c5cc6ccccc6c6ccccc56)cc4)cc(-c4ccc5ccc6cccc7ccc4c5c67)n3)cc2)c1. The molecule has 0 radical (unpaired) electrons.